The molecule has 0 radical (unpaired) electrons. The van der Waals surface area contributed by atoms with Crippen molar-refractivity contribution in [2.75, 3.05) is 6.61 Å². The topological polar surface area (TPSA) is 96.2 Å². The van der Waals surface area contributed by atoms with Crippen molar-refractivity contribution in [1.29, 1.82) is 0 Å². The second kappa shape index (κ2) is 3.82. The van der Waals surface area contributed by atoms with Crippen LogP contribution >= 0.6 is 0 Å². The van der Waals surface area contributed by atoms with Gasteiger partial charge < -0.3 is 24.8 Å². The van der Waals surface area contributed by atoms with Crippen LogP contribution in [0, 0.1) is 0 Å². The summed E-state index contributed by atoms with van der Waals surface area (Å²) in [7, 11) is 0. The minimum Gasteiger partial charge on any atom is -0.462 e. The molecule has 1 rings (SSSR count). The normalized spacial score (nSPS) is 42.5. The number of carbonyl (C=O) groups excluding carboxylic acids is 1. The van der Waals surface area contributed by atoms with Gasteiger partial charge in [0, 0.05) is 0 Å². The summed E-state index contributed by atoms with van der Waals surface area (Å²) >= 11 is 0. The molecule has 3 N–H and O–H groups in total. The molecule has 4 atom stereocenters. The molecule has 1 fully saturated rings. The second-order valence-corrected chi connectivity index (χ2v) is 3.18. The summed E-state index contributed by atoms with van der Waals surface area (Å²) < 4.78 is 9.28. The molecule has 1 saturated heterocycles. The van der Waals surface area contributed by atoms with Gasteiger partial charge in [0.25, 0.3) is 5.79 Å². The first-order valence-corrected chi connectivity index (χ1v) is 4.37. The van der Waals surface area contributed by atoms with E-state index in [9.17, 15) is 20.1 Å². The summed E-state index contributed by atoms with van der Waals surface area (Å²) in [6.45, 7) is 3.05. The van der Waals surface area contributed by atoms with Gasteiger partial charge >= 0.3 is 5.97 Å². The lowest BCUT2D eigenvalue weighted by Gasteiger charge is -2.22. The van der Waals surface area contributed by atoms with Gasteiger partial charge in [0.1, 0.15) is 12.2 Å². The number of esters is 1. The van der Waals surface area contributed by atoms with Crippen LogP contribution in [0.1, 0.15) is 13.8 Å². The number of ether oxygens (including phenoxy) is 2. The van der Waals surface area contributed by atoms with Gasteiger partial charge in [-0.25, -0.2) is 4.79 Å². The van der Waals surface area contributed by atoms with E-state index in [1.54, 1.807) is 6.92 Å². The highest BCUT2D eigenvalue weighted by atomic mass is 16.7. The Morgan fingerprint density at radius 3 is 2.50 bits per heavy atom. The van der Waals surface area contributed by atoms with E-state index in [1.165, 1.54) is 6.92 Å². The fourth-order valence-electron chi connectivity index (χ4n) is 1.31. The highest BCUT2D eigenvalue weighted by molar-refractivity contribution is 5.79. The average molecular weight is 206 g/mol. The van der Waals surface area contributed by atoms with Crippen LogP contribution in [0.4, 0.5) is 0 Å². The van der Waals surface area contributed by atoms with E-state index < -0.39 is 30.1 Å². The number of aliphatic hydroxyl groups is 3. The van der Waals surface area contributed by atoms with E-state index in [0.717, 1.165) is 0 Å². The standard InChI is InChI=1S/C8H14O6/c1-3-13-7(11)8(12)6(10)5(9)4(2)14-8/h4-6,9-10,12H,3H2,1-2H3/t4-,5+,6-,8-/m1/s1. The Morgan fingerprint density at radius 1 is 1.57 bits per heavy atom. The Morgan fingerprint density at radius 2 is 2.14 bits per heavy atom. The lowest BCUT2D eigenvalue weighted by Crippen LogP contribution is -2.50. The summed E-state index contributed by atoms with van der Waals surface area (Å²) in [5.74, 6) is -3.54. The maximum absolute atomic E-state index is 11.2. The highest BCUT2D eigenvalue weighted by Crippen LogP contribution is 2.29. The summed E-state index contributed by atoms with van der Waals surface area (Å²) in [6.07, 6.45) is -3.81. The van der Waals surface area contributed by atoms with Crippen molar-refractivity contribution < 1.29 is 29.6 Å². The van der Waals surface area contributed by atoms with E-state index in [0.29, 0.717) is 0 Å². The number of hydrogen-bond acceptors (Lipinski definition) is 6. The van der Waals surface area contributed by atoms with Crippen LogP contribution in [0.15, 0.2) is 0 Å². The van der Waals surface area contributed by atoms with Crippen LogP contribution in [0.2, 0.25) is 0 Å². The molecule has 6 heteroatoms. The molecule has 6 nitrogen and oxygen atoms in total. The molecule has 1 heterocycles. The van der Waals surface area contributed by atoms with E-state index in [-0.39, 0.29) is 6.61 Å². The van der Waals surface area contributed by atoms with Crippen LogP contribution in [0.5, 0.6) is 0 Å². The van der Waals surface area contributed by atoms with Crippen molar-refractivity contribution >= 4 is 5.97 Å². The van der Waals surface area contributed by atoms with Gasteiger partial charge in [0.15, 0.2) is 0 Å². The summed E-state index contributed by atoms with van der Waals surface area (Å²) in [4.78, 5) is 11.2. The fraction of sp³-hybridized carbons (Fsp3) is 0.875. The van der Waals surface area contributed by atoms with E-state index >= 15 is 0 Å². The SMILES string of the molecule is CCOC(=O)[C@]1(O)O[C@H](C)[C@H](O)[C@H]1O. The van der Waals surface area contributed by atoms with Crippen LogP contribution in [0.25, 0.3) is 0 Å². The number of carbonyl (C=O) groups is 1. The summed E-state index contributed by atoms with van der Waals surface area (Å²) in [5, 5.41) is 28.2. The average Bonchev–Trinajstić information content (AvgIpc) is 2.32. The van der Waals surface area contributed by atoms with Crippen LogP contribution < -0.4 is 0 Å². The molecule has 0 aromatic heterocycles. The number of hydrogen-bond donors (Lipinski definition) is 3. The van der Waals surface area contributed by atoms with Crippen molar-refractivity contribution in [2.24, 2.45) is 0 Å². The van der Waals surface area contributed by atoms with Crippen molar-refractivity contribution in [2.45, 2.75) is 37.9 Å². The van der Waals surface area contributed by atoms with Gasteiger partial charge in [-0.15, -0.1) is 0 Å². The molecule has 0 aromatic rings. The Hall–Kier alpha value is -0.690. The number of rotatable bonds is 2. The van der Waals surface area contributed by atoms with Crippen LogP contribution in [0.3, 0.4) is 0 Å². The molecule has 0 bridgehead atoms. The predicted octanol–water partition coefficient (Wildman–Crippen LogP) is -1.62. The van der Waals surface area contributed by atoms with E-state index in [4.69, 9.17) is 4.74 Å². The third kappa shape index (κ3) is 1.61. The molecule has 0 unspecified atom stereocenters. The van der Waals surface area contributed by atoms with Gasteiger partial charge in [0.05, 0.1) is 12.7 Å². The van der Waals surface area contributed by atoms with Gasteiger partial charge in [-0.2, -0.15) is 0 Å². The van der Waals surface area contributed by atoms with E-state index in [1.807, 2.05) is 0 Å². The minimum atomic E-state index is -2.45. The largest absolute Gasteiger partial charge is 0.462 e. The molecule has 0 amide bonds. The third-order valence-corrected chi connectivity index (χ3v) is 2.14. The minimum absolute atomic E-state index is 0.0572. The third-order valence-electron chi connectivity index (χ3n) is 2.14. The quantitative estimate of drug-likeness (QED) is 0.470. The molecular weight excluding hydrogens is 192 g/mol. The Labute approximate surface area is 81.1 Å². The molecule has 0 aromatic carbocycles. The lowest BCUT2D eigenvalue weighted by atomic mass is 10.1. The first-order chi connectivity index (χ1) is 6.43. The highest BCUT2D eigenvalue weighted by Gasteiger charge is 2.58. The van der Waals surface area contributed by atoms with Gasteiger partial charge in [-0.1, -0.05) is 0 Å². The van der Waals surface area contributed by atoms with Crippen molar-refractivity contribution in [3.05, 3.63) is 0 Å². The molecule has 14 heavy (non-hydrogen) atoms. The zero-order valence-corrected chi connectivity index (χ0v) is 8.01. The number of aliphatic hydroxyl groups excluding tert-OH is 2. The van der Waals surface area contributed by atoms with Crippen molar-refractivity contribution in [3.8, 4) is 0 Å². The second-order valence-electron chi connectivity index (χ2n) is 3.18. The Kier molecular flexibility index (Phi) is 3.10. The monoisotopic (exact) mass is 206 g/mol. The predicted molar refractivity (Wildman–Crippen MR) is 44.1 cm³/mol. The fourth-order valence-corrected chi connectivity index (χ4v) is 1.31. The maximum Gasteiger partial charge on any atom is 0.369 e. The summed E-state index contributed by atoms with van der Waals surface area (Å²) in [6, 6.07) is 0. The first-order valence-electron chi connectivity index (χ1n) is 4.37. The lowest BCUT2D eigenvalue weighted by molar-refractivity contribution is -0.240. The van der Waals surface area contributed by atoms with Crippen molar-refractivity contribution in [3.63, 3.8) is 0 Å². The maximum atomic E-state index is 11.2. The van der Waals surface area contributed by atoms with Crippen molar-refractivity contribution in [1.82, 2.24) is 0 Å². The van der Waals surface area contributed by atoms with Gasteiger partial charge in [0.2, 0.25) is 0 Å². The van der Waals surface area contributed by atoms with Gasteiger partial charge in [-0.05, 0) is 13.8 Å². The zero-order valence-electron chi connectivity index (χ0n) is 8.01. The first kappa shape index (κ1) is 11.4. The molecule has 0 saturated carbocycles. The van der Waals surface area contributed by atoms with Crippen LogP contribution in [-0.4, -0.2) is 52.0 Å². The molecular formula is C8H14O6. The van der Waals surface area contributed by atoms with Gasteiger partial charge in [-0.3, -0.25) is 0 Å². The van der Waals surface area contributed by atoms with Crippen LogP contribution in [-0.2, 0) is 14.3 Å². The Balaban J connectivity index is 2.80. The zero-order chi connectivity index (χ0) is 10.9. The Bertz CT molecular complexity index is 230. The smallest absolute Gasteiger partial charge is 0.369 e. The molecule has 1 aliphatic rings. The van der Waals surface area contributed by atoms with E-state index in [2.05, 4.69) is 4.74 Å². The molecule has 82 valence electrons. The summed E-state index contributed by atoms with van der Waals surface area (Å²) in [5.41, 5.74) is 0. The molecule has 0 aliphatic carbocycles. The molecule has 0 spiro atoms. The molecule has 1 aliphatic heterocycles.